The zero-order valence-electron chi connectivity index (χ0n) is 14.0. The molecular weight excluding hydrogens is 314 g/mol. The van der Waals surface area contributed by atoms with Gasteiger partial charge in [-0.25, -0.2) is 0 Å². The standard InChI is InChI=1S/C20H23N3S/c1-24-18-7-8-20-19(12-18)15(13-22-20)11-17-6-4-10-23(17)14-16-5-2-3-9-21-16/h2-3,5,7-9,12-13,17,22H,4,6,10-11,14H2,1H3/t17-/m1/s1. The van der Waals surface area contributed by atoms with E-state index in [-0.39, 0.29) is 0 Å². The summed E-state index contributed by atoms with van der Waals surface area (Å²) >= 11 is 1.81. The summed E-state index contributed by atoms with van der Waals surface area (Å²) in [6, 6.07) is 13.5. The Hall–Kier alpha value is -1.78. The summed E-state index contributed by atoms with van der Waals surface area (Å²) in [6.45, 7) is 2.14. The highest BCUT2D eigenvalue weighted by Gasteiger charge is 2.25. The van der Waals surface area contributed by atoms with E-state index in [1.54, 1.807) is 0 Å². The van der Waals surface area contributed by atoms with Crippen molar-refractivity contribution in [3.8, 4) is 0 Å². The van der Waals surface area contributed by atoms with Crippen molar-refractivity contribution in [2.24, 2.45) is 0 Å². The molecule has 1 aliphatic rings. The van der Waals surface area contributed by atoms with Crippen LogP contribution in [0.15, 0.2) is 53.7 Å². The molecule has 24 heavy (non-hydrogen) atoms. The van der Waals surface area contributed by atoms with E-state index < -0.39 is 0 Å². The van der Waals surface area contributed by atoms with Gasteiger partial charge in [0.15, 0.2) is 0 Å². The van der Waals surface area contributed by atoms with Crippen LogP contribution in [0.4, 0.5) is 0 Å². The fraction of sp³-hybridized carbons (Fsp3) is 0.350. The molecule has 1 aliphatic heterocycles. The Kier molecular flexibility index (Phi) is 4.58. The monoisotopic (exact) mass is 337 g/mol. The fourth-order valence-electron chi connectivity index (χ4n) is 3.74. The summed E-state index contributed by atoms with van der Waals surface area (Å²) in [5.74, 6) is 0. The van der Waals surface area contributed by atoms with Crippen molar-refractivity contribution in [1.29, 1.82) is 0 Å². The molecule has 1 N–H and O–H groups in total. The van der Waals surface area contributed by atoms with Crippen molar-refractivity contribution >= 4 is 22.7 Å². The largest absolute Gasteiger partial charge is 0.361 e. The number of nitrogens with one attached hydrogen (secondary N) is 1. The van der Waals surface area contributed by atoms with Crippen LogP contribution in [0.1, 0.15) is 24.1 Å². The molecule has 124 valence electrons. The maximum atomic E-state index is 4.50. The molecule has 1 fully saturated rings. The molecule has 0 unspecified atom stereocenters. The maximum absolute atomic E-state index is 4.50. The second-order valence-electron chi connectivity index (χ2n) is 6.52. The molecule has 3 nitrogen and oxygen atoms in total. The predicted molar refractivity (Wildman–Crippen MR) is 101 cm³/mol. The minimum atomic E-state index is 0.615. The van der Waals surface area contributed by atoms with E-state index in [0.29, 0.717) is 6.04 Å². The molecule has 0 bridgehead atoms. The molecule has 1 atom stereocenters. The lowest BCUT2D eigenvalue weighted by Crippen LogP contribution is -2.30. The summed E-state index contributed by atoms with van der Waals surface area (Å²) in [4.78, 5) is 11.9. The van der Waals surface area contributed by atoms with Gasteiger partial charge in [-0.15, -0.1) is 11.8 Å². The topological polar surface area (TPSA) is 31.9 Å². The van der Waals surface area contributed by atoms with E-state index in [9.17, 15) is 0 Å². The van der Waals surface area contributed by atoms with E-state index in [1.807, 2.05) is 24.0 Å². The van der Waals surface area contributed by atoms with Crippen molar-refractivity contribution in [1.82, 2.24) is 14.9 Å². The summed E-state index contributed by atoms with van der Waals surface area (Å²) in [5, 5.41) is 1.38. The molecule has 0 spiro atoms. The highest BCUT2D eigenvalue weighted by Crippen LogP contribution is 2.28. The molecule has 3 heterocycles. The molecule has 4 heteroatoms. The molecule has 1 aromatic carbocycles. The third-order valence-corrected chi connectivity index (χ3v) is 5.75. The van der Waals surface area contributed by atoms with Gasteiger partial charge in [-0.1, -0.05) is 6.07 Å². The van der Waals surface area contributed by atoms with Crippen molar-refractivity contribution in [2.45, 2.75) is 36.7 Å². The number of hydrogen-bond acceptors (Lipinski definition) is 3. The minimum Gasteiger partial charge on any atom is -0.361 e. The first-order chi connectivity index (χ1) is 11.8. The van der Waals surface area contributed by atoms with Crippen LogP contribution in [0.2, 0.25) is 0 Å². The van der Waals surface area contributed by atoms with Gasteiger partial charge >= 0.3 is 0 Å². The first kappa shape index (κ1) is 15.7. The van der Waals surface area contributed by atoms with Gasteiger partial charge in [0.25, 0.3) is 0 Å². The lowest BCUT2D eigenvalue weighted by atomic mass is 10.0. The number of rotatable bonds is 5. The molecule has 3 aromatic rings. The Morgan fingerprint density at radius 1 is 1.29 bits per heavy atom. The predicted octanol–water partition coefficient (Wildman–Crippen LogP) is 4.49. The summed E-state index contributed by atoms with van der Waals surface area (Å²) < 4.78 is 0. The van der Waals surface area contributed by atoms with Crippen LogP contribution in [0.25, 0.3) is 10.9 Å². The number of aromatic amines is 1. The SMILES string of the molecule is CSc1ccc2[nH]cc(C[C@H]3CCCN3Cc3ccccn3)c2c1. The summed E-state index contributed by atoms with van der Waals surface area (Å²) in [6.07, 6.45) is 9.91. The zero-order chi connectivity index (χ0) is 16.4. The van der Waals surface area contributed by atoms with Gasteiger partial charge in [0.05, 0.1) is 5.69 Å². The second-order valence-corrected chi connectivity index (χ2v) is 7.40. The number of H-pyrrole nitrogens is 1. The molecule has 1 saturated heterocycles. The number of pyridine rings is 1. The smallest absolute Gasteiger partial charge is 0.0544 e. The first-order valence-electron chi connectivity index (χ1n) is 8.61. The van der Waals surface area contributed by atoms with Gasteiger partial charge < -0.3 is 4.98 Å². The highest BCUT2D eigenvalue weighted by atomic mass is 32.2. The number of thioether (sulfide) groups is 1. The van der Waals surface area contributed by atoms with Crippen LogP contribution in [-0.4, -0.2) is 33.7 Å². The first-order valence-corrected chi connectivity index (χ1v) is 9.84. The van der Waals surface area contributed by atoms with E-state index in [2.05, 4.69) is 57.7 Å². The number of nitrogens with zero attached hydrogens (tertiary/aromatic N) is 2. The molecule has 0 saturated carbocycles. The van der Waals surface area contributed by atoms with Gasteiger partial charge in [-0.05, 0) is 68.0 Å². The Bertz CT molecular complexity index is 812. The normalized spacial score (nSPS) is 18.5. The zero-order valence-corrected chi connectivity index (χ0v) is 14.9. The summed E-state index contributed by atoms with van der Waals surface area (Å²) in [5.41, 5.74) is 3.86. The van der Waals surface area contributed by atoms with Gasteiger partial charge in [-0.2, -0.15) is 0 Å². The van der Waals surface area contributed by atoms with Crippen molar-refractivity contribution in [2.75, 3.05) is 12.8 Å². The van der Waals surface area contributed by atoms with Gasteiger partial charge in [0.1, 0.15) is 0 Å². The Morgan fingerprint density at radius 3 is 3.08 bits per heavy atom. The Labute approximate surface area is 147 Å². The van der Waals surface area contributed by atoms with E-state index >= 15 is 0 Å². The highest BCUT2D eigenvalue weighted by molar-refractivity contribution is 7.98. The molecule has 2 aromatic heterocycles. The number of benzene rings is 1. The fourth-order valence-corrected chi connectivity index (χ4v) is 4.18. The maximum Gasteiger partial charge on any atom is 0.0544 e. The summed E-state index contributed by atoms with van der Waals surface area (Å²) in [7, 11) is 0. The third kappa shape index (κ3) is 3.21. The average Bonchev–Trinajstić information content (AvgIpc) is 3.23. The lowest BCUT2D eigenvalue weighted by molar-refractivity contribution is 0.241. The minimum absolute atomic E-state index is 0.615. The Balaban J connectivity index is 1.53. The van der Waals surface area contributed by atoms with E-state index in [1.165, 1.54) is 46.4 Å². The number of hydrogen-bond donors (Lipinski definition) is 1. The number of fused-ring (bicyclic) bond motifs is 1. The van der Waals surface area contributed by atoms with Crippen LogP contribution in [0.3, 0.4) is 0 Å². The molecule has 0 aliphatic carbocycles. The molecule has 0 radical (unpaired) electrons. The Morgan fingerprint density at radius 2 is 2.25 bits per heavy atom. The number of likely N-dealkylation sites (tertiary alicyclic amines) is 1. The van der Waals surface area contributed by atoms with Crippen LogP contribution in [0, 0.1) is 0 Å². The van der Waals surface area contributed by atoms with Gasteiger partial charge in [0, 0.05) is 40.8 Å². The van der Waals surface area contributed by atoms with Gasteiger partial charge in [0.2, 0.25) is 0 Å². The van der Waals surface area contributed by atoms with E-state index in [4.69, 9.17) is 0 Å². The molecular formula is C20H23N3S. The van der Waals surface area contributed by atoms with Crippen molar-refractivity contribution in [3.05, 3.63) is 60.0 Å². The van der Waals surface area contributed by atoms with Crippen LogP contribution >= 0.6 is 11.8 Å². The molecule has 4 rings (SSSR count). The lowest BCUT2D eigenvalue weighted by Gasteiger charge is -2.24. The van der Waals surface area contributed by atoms with Crippen LogP contribution in [-0.2, 0) is 13.0 Å². The van der Waals surface area contributed by atoms with Crippen LogP contribution in [0.5, 0.6) is 0 Å². The van der Waals surface area contributed by atoms with Gasteiger partial charge in [-0.3, -0.25) is 9.88 Å². The van der Waals surface area contributed by atoms with Crippen molar-refractivity contribution < 1.29 is 0 Å². The van der Waals surface area contributed by atoms with Crippen LogP contribution < -0.4 is 0 Å². The van der Waals surface area contributed by atoms with Crippen molar-refractivity contribution in [3.63, 3.8) is 0 Å². The molecule has 0 amide bonds. The van der Waals surface area contributed by atoms with E-state index in [0.717, 1.165) is 13.0 Å². The second kappa shape index (κ2) is 6.99. The third-order valence-electron chi connectivity index (χ3n) is 5.02. The number of aromatic nitrogens is 2. The quantitative estimate of drug-likeness (QED) is 0.696. The average molecular weight is 337 g/mol.